The number of aryl methyl sites for hydroxylation is 1. The van der Waals surface area contributed by atoms with Gasteiger partial charge in [0.2, 0.25) is 17.7 Å². The Morgan fingerprint density at radius 1 is 1.11 bits per heavy atom. The van der Waals surface area contributed by atoms with E-state index in [1.165, 1.54) is 21.7 Å². The molecular formula is C41H56N6O8S. The number of rotatable bonds is 9. The van der Waals surface area contributed by atoms with Crippen molar-refractivity contribution in [2.75, 3.05) is 26.7 Å². The van der Waals surface area contributed by atoms with Crippen LogP contribution in [0.1, 0.15) is 91.0 Å². The Morgan fingerprint density at radius 3 is 2.57 bits per heavy atom. The van der Waals surface area contributed by atoms with Crippen molar-refractivity contribution in [1.29, 1.82) is 0 Å². The Hall–Kier alpha value is -4.24. The van der Waals surface area contributed by atoms with Gasteiger partial charge >= 0.3 is 6.03 Å². The first-order valence-electron chi connectivity index (χ1n) is 20.0. The number of fused-ring (bicyclic) bond motifs is 3. The van der Waals surface area contributed by atoms with Crippen LogP contribution >= 0.6 is 11.9 Å². The number of likely N-dealkylation sites (tertiary alicyclic amines) is 1. The van der Waals surface area contributed by atoms with E-state index in [2.05, 4.69) is 28.4 Å². The van der Waals surface area contributed by atoms with E-state index in [4.69, 9.17) is 19.2 Å². The number of ether oxygens (including phenoxy) is 3. The molecule has 4 heterocycles. The maximum Gasteiger partial charge on any atom is 0.318 e. The third-order valence-electron chi connectivity index (χ3n) is 11.6. The van der Waals surface area contributed by atoms with Crippen LogP contribution in [-0.2, 0) is 14.4 Å². The maximum atomic E-state index is 14.7. The summed E-state index contributed by atoms with van der Waals surface area (Å²) in [6.45, 7) is 9.90. The molecule has 304 valence electrons. The van der Waals surface area contributed by atoms with Gasteiger partial charge in [0.15, 0.2) is 0 Å². The van der Waals surface area contributed by atoms with E-state index < -0.39 is 47.2 Å². The summed E-state index contributed by atoms with van der Waals surface area (Å²) in [5.41, 5.74) is -0.656. The molecular weight excluding hydrogens is 737 g/mol. The number of pyridine rings is 1. The van der Waals surface area contributed by atoms with E-state index in [1.807, 2.05) is 39.0 Å². The number of methoxy groups -OCH3 is 1. The van der Waals surface area contributed by atoms with E-state index in [9.17, 15) is 24.3 Å². The van der Waals surface area contributed by atoms with Gasteiger partial charge in [-0.15, -0.1) is 0 Å². The molecule has 5 aliphatic rings. The van der Waals surface area contributed by atoms with E-state index in [1.54, 1.807) is 20.1 Å². The molecule has 1 aromatic carbocycles. The number of amides is 5. The maximum absolute atomic E-state index is 14.7. The highest BCUT2D eigenvalue weighted by atomic mass is 32.2. The minimum atomic E-state index is -1.14. The fraction of sp³-hybridized carbons (Fsp3) is 0.634. The molecule has 56 heavy (non-hydrogen) atoms. The van der Waals surface area contributed by atoms with Gasteiger partial charge in [0.05, 0.1) is 44.0 Å². The highest BCUT2D eigenvalue weighted by molar-refractivity contribution is 7.99. The lowest BCUT2D eigenvalue weighted by Gasteiger charge is -2.44. The summed E-state index contributed by atoms with van der Waals surface area (Å²) in [5.74, 6) is 0.266. The van der Waals surface area contributed by atoms with E-state index in [0.717, 1.165) is 43.1 Å². The van der Waals surface area contributed by atoms with Crippen LogP contribution < -0.4 is 29.6 Å². The number of hydrogen-bond donors (Lipinski definition) is 4. The van der Waals surface area contributed by atoms with E-state index in [0.29, 0.717) is 42.2 Å². The highest BCUT2D eigenvalue weighted by Crippen LogP contribution is 2.49. The van der Waals surface area contributed by atoms with Crippen molar-refractivity contribution in [3.05, 3.63) is 35.9 Å². The number of nitrogens with zero attached hydrogens (tertiary/aromatic N) is 3. The van der Waals surface area contributed by atoms with Gasteiger partial charge in [0.25, 0.3) is 5.91 Å². The van der Waals surface area contributed by atoms with Crippen molar-refractivity contribution in [3.8, 4) is 17.4 Å². The number of β-amino-alcohol motifs (C(OH)–C–C–N with tert-alkyl or cyclic N) is 1. The number of nitrogens with one attached hydrogen (secondary N) is 3. The lowest BCUT2D eigenvalue weighted by Crippen LogP contribution is -2.65. The van der Waals surface area contributed by atoms with Crippen molar-refractivity contribution in [2.45, 2.75) is 133 Å². The van der Waals surface area contributed by atoms with Crippen molar-refractivity contribution >= 4 is 46.6 Å². The van der Waals surface area contributed by atoms with E-state index >= 15 is 0 Å². The third kappa shape index (κ3) is 8.53. The van der Waals surface area contributed by atoms with Gasteiger partial charge in [-0.05, 0) is 97.2 Å². The second-order valence-corrected chi connectivity index (χ2v) is 18.5. The Balaban J connectivity index is 1.20. The largest absolute Gasteiger partial charge is 0.496 e. The van der Waals surface area contributed by atoms with Crippen LogP contribution in [0.2, 0.25) is 0 Å². The quantitative estimate of drug-likeness (QED) is 0.209. The normalized spacial score (nSPS) is 28.8. The Labute approximate surface area is 333 Å². The zero-order valence-electron chi connectivity index (χ0n) is 33.3. The minimum Gasteiger partial charge on any atom is -0.496 e. The fourth-order valence-corrected chi connectivity index (χ4v) is 8.85. The van der Waals surface area contributed by atoms with Gasteiger partial charge in [-0.3, -0.25) is 19.1 Å². The number of hydrogen-bond acceptors (Lipinski definition) is 10. The van der Waals surface area contributed by atoms with Gasteiger partial charge in [0.1, 0.15) is 35.2 Å². The van der Waals surface area contributed by atoms with Gasteiger partial charge in [-0.2, -0.15) is 0 Å². The van der Waals surface area contributed by atoms with Crippen LogP contribution in [0.3, 0.4) is 0 Å². The molecule has 2 aliphatic carbocycles. The van der Waals surface area contributed by atoms with Crippen molar-refractivity contribution < 1.29 is 38.5 Å². The first-order valence-corrected chi connectivity index (χ1v) is 20.8. The summed E-state index contributed by atoms with van der Waals surface area (Å²) in [4.78, 5) is 64.3. The molecule has 5 amide bonds. The molecule has 5 atom stereocenters. The molecule has 3 aliphatic heterocycles. The van der Waals surface area contributed by atoms with Crippen molar-refractivity contribution in [3.63, 3.8) is 0 Å². The molecule has 0 spiro atoms. The molecule has 15 heteroatoms. The summed E-state index contributed by atoms with van der Waals surface area (Å²) in [5, 5.41) is 17.1. The Morgan fingerprint density at radius 2 is 1.88 bits per heavy atom. The first kappa shape index (κ1) is 40.0. The molecule has 4 N–H and O–H groups in total. The Bertz CT molecular complexity index is 1890. The van der Waals surface area contributed by atoms with Crippen molar-refractivity contribution in [1.82, 2.24) is 30.1 Å². The second-order valence-electron chi connectivity index (χ2n) is 17.1. The van der Waals surface area contributed by atoms with Crippen LogP contribution in [0, 0.1) is 12.8 Å². The number of carbonyl (C=O) groups is 4. The highest BCUT2D eigenvalue weighted by Gasteiger charge is 2.61. The van der Waals surface area contributed by atoms with Crippen LogP contribution in [0.25, 0.3) is 10.9 Å². The molecule has 4 fully saturated rings. The van der Waals surface area contributed by atoms with Gasteiger partial charge in [0, 0.05) is 34.1 Å². The minimum absolute atomic E-state index is 0.00173. The average molecular weight is 793 g/mol. The molecule has 2 aromatic rings. The summed E-state index contributed by atoms with van der Waals surface area (Å²) >= 11 is 1.41. The van der Waals surface area contributed by atoms with E-state index in [-0.39, 0.29) is 48.7 Å². The van der Waals surface area contributed by atoms with Crippen LogP contribution in [0.5, 0.6) is 17.4 Å². The zero-order chi connectivity index (χ0) is 40.0. The Kier molecular flexibility index (Phi) is 11.1. The second kappa shape index (κ2) is 15.6. The number of urea groups is 1. The van der Waals surface area contributed by atoms with Crippen LogP contribution in [-0.4, -0.2) is 111 Å². The zero-order valence-corrected chi connectivity index (χ0v) is 34.1. The number of benzene rings is 1. The summed E-state index contributed by atoms with van der Waals surface area (Å²) in [7, 11) is 1.60. The summed E-state index contributed by atoms with van der Waals surface area (Å²) in [6.07, 6.45) is 9.56. The predicted molar refractivity (Wildman–Crippen MR) is 212 cm³/mol. The lowest BCUT2D eigenvalue weighted by atomic mass is 9.97. The number of carbonyl (C=O) groups excluding carboxylic acids is 4. The summed E-state index contributed by atoms with van der Waals surface area (Å²) < 4.78 is 21.4. The standard InChI is InChI=1S/C41H56N6O8S/c1-24(2)54-33-19-32(28-14-15-31(53-6)25(3)34(28)43-33)55-27-18-30-35(48)44-41(37(50)45-56-40(5)16-17-40)20-26(41)12-10-8-7-9-11-13-29(36(49)47(30)21-27)42-38(51)46-22-39(4,52)23-46/h10,12,14-15,19,24,26-27,29-30,52H,7-9,11,13,16-18,20-23H2,1-6H3,(H,42,51)(H,44,48)(H,45,50)/b12-10-/t26-,27-,29+,30+,41-/m1/s1. The lowest BCUT2D eigenvalue weighted by molar-refractivity contribution is -0.141. The molecule has 0 bridgehead atoms. The molecule has 7 rings (SSSR count). The summed E-state index contributed by atoms with van der Waals surface area (Å²) in [6, 6.07) is 3.13. The number of aliphatic hydroxyl groups is 1. The number of aromatic nitrogens is 1. The number of allylic oxidation sites excluding steroid dienone is 1. The first-order chi connectivity index (χ1) is 26.6. The SMILES string of the molecule is COc1ccc2c(O[C@@H]3C[C@H]4C(=O)N[C@]5(C(=O)NSC6(C)CC6)C[C@H]5/C=C\CCCCC[C@H](NC(=O)N5CC(C)(O)C5)C(=O)N4C3)cc(OC(C)C)nc2c1C. The topological polar surface area (TPSA) is 172 Å². The third-order valence-corrected chi connectivity index (χ3v) is 12.8. The smallest absolute Gasteiger partial charge is 0.318 e. The molecule has 1 aromatic heterocycles. The van der Waals surface area contributed by atoms with Crippen LogP contribution in [0.4, 0.5) is 4.79 Å². The molecule has 2 saturated heterocycles. The van der Waals surface area contributed by atoms with Gasteiger partial charge in [-0.1, -0.05) is 25.0 Å². The van der Waals surface area contributed by atoms with Crippen molar-refractivity contribution in [2.24, 2.45) is 5.92 Å². The average Bonchev–Trinajstić information content (AvgIpc) is 4.00. The monoisotopic (exact) mass is 792 g/mol. The predicted octanol–water partition coefficient (Wildman–Crippen LogP) is 4.54. The van der Waals surface area contributed by atoms with Gasteiger partial charge < -0.3 is 39.8 Å². The van der Waals surface area contributed by atoms with Gasteiger partial charge in [-0.25, -0.2) is 9.78 Å². The molecule has 14 nitrogen and oxygen atoms in total. The molecule has 0 radical (unpaired) electrons. The molecule has 2 saturated carbocycles. The fourth-order valence-electron chi connectivity index (χ4n) is 8.02. The molecule has 0 unspecified atom stereocenters. The van der Waals surface area contributed by atoms with Crippen LogP contribution in [0.15, 0.2) is 30.4 Å².